The molecule has 0 spiro atoms. The van der Waals surface area contributed by atoms with E-state index in [0.717, 1.165) is 0 Å². The zero-order valence-corrected chi connectivity index (χ0v) is 16.5. The minimum Gasteiger partial charge on any atom is -0.299 e. The molecule has 0 aromatic heterocycles. The van der Waals surface area contributed by atoms with Gasteiger partial charge in [0.2, 0.25) is 0 Å². The smallest absolute Gasteiger partial charge is 0.167 e. The van der Waals surface area contributed by atoms with Gasteiger partial charge in [0.25, 0.3) is 0 Å². The Morgan fingerprint density at radius 1 is 0.769 bits per heavy atom. The third-order valence-corrected chi connectivity index (χ3v) is 6.83. The summed E-state index contributed by atoms with van der Waals surface area (Å²) in [5, 5.41) is 0. The molecule has 3 aromatic carbocycles. The molecule has 0 aliphatic carbocycles. The molecule has 132 valence electrons. The number of Topliss-reactive ketones (excluding diaryl/α,β-unsaturated/α-hetero) is 1. The highest BCUT2D eigenvalue weighted by molar-refractivity contribution is 7.97. The van der Waals surface area contributed by atoms with Gasteiger partial charge in [-0.05, 0) is 66.9 Å². The lowest BCUT2D eigenvalue weighted by molar-refractivity contribution is -0.118. The molecule has 3 aromatic rings. The van der Waals surface area contributed by atoms with Gasteiger partial charge in [-0.1, -0.05) is 43.3 Å². The zero-order chi connectivity index (χ0) is 18.5. The van der Waals surface area contributed by atoms with Crippen molar-refractivity contribution < 1.29 is 4.79 Å². The number of rotatable bonds is 6. The zero-order valence-electron chi connectivity index (χ0n) is 15.7. The maximum atomic E-state index is 11.9. The molecule has 0 aliphatic rings. The van der Waals surface area contributed by atoms with Crippen LogP contribution in [0.5, 0.6) is 0 Å². The molecular weight excluding hydrogens is 336 g/mol. The third-order valence-electron chi connectivity index (χ3n) is 4.63. The Balaban J connectivity index is 2.09. The van der Waals surface area contributed by atoms with Gasteiger partial charge < -0.3 is 0 Å². The van der Waals surface area contributed by atoms with Crippen molar-refractivity contribution in [3.05, 3.63) is 89.5 Å². The first kappa shape index (κ1) is 18.5. The van der Waals surface area contributed by atoms with Gasteiger partial charge in [-0.25, -0.2) is 0 Å². The summed E-state index contributed by atoms with van der Waals surface area (Å²) in [5.41, 5.74) is 3.61. The quantitative estimate of drug-likeness (QED) is 0.498. The van der Waals surface area contributed by atoms with Crippen LogP contribution in [0.15, 0.2) is 87.5 Å². The summed E-state index contributed by atoms with van der Waals surface area (Å²) >= 11 is 0. The lowest BCUT2D eigenvalue weighted by Gasteiger charge is -2.13. The second-order valence-electron chi connectivity index (χ2n) is 6.54. The average Bonchev–Trinajstić information content (AvgIpc) is 2.66. The second-order valence-corrected chi connectivity index (χ2v) is 8.56. The van der Waals surface area contributed by atoms with Crippen LogP contribution in [0.3, 0.4) is 0 Å². The van der Waals surface area contributed by atoms with Crippen LogP contribution < -0.4 is 0 Å². The van der Waals surface area contributed by atoms with Crippen LogP contribution in [-0.2, 0) is 22.1 Å². The predicted octanol–water partition coefficient (Wildman–Crippen LogP) is 5.92. The Morgan fingerprint density at radius 2 is 1.23 bits per heavy atom. The first-order valence-electron chi connectivity index (χ1n) is 9.06. The Labute approximate surface area is 159 Å². The van der Waals surface area contributed by atoms with E-state index in [1.165, 1.54) is 31.4 Å². The van der Waals surface area contributed by atoms with Crippen LogP contribution in [0.2, 0.25) is 0 Å². The van der Waals surface area contributed by atoms with Crippen molar-refractivity contribution in [2.45, 2.75) is 48.3 Å². The maximum absolute atomic E-state index is 11.9. The van der Waals surface area contributed by atoms with E-state index in [4.69, 9.17) is 0 Å². The Kier molecular flexibility index (Phi) is 5.95. The van der Waals surface area contributed by atoms with Crippen LogP contribution in [-0.4, -0.2) is 5.78 Å². The SMILES string of the molecule is CCC(=O)Cc1c(C)cc([S+](c2ccccc2)c2ccccc2)cc1C. The highest BCUT2D eigenvalue weighted by Crippen LogP contribution is 2.33. The van der Waals surface area contributed by atoms with E-state index in [1.807, 2.05) is 6.92 Å². The Hall–Kier alpha value is -2.32. The summed E-state index contributed by atoms with van der Waals surface area (Å²) in [6.07, 6.45) is 1.14. The van der Waals surface area contributed by atoms with Gasteiger partial charge in [0.1, 0.15) is 5.78 Å². The van der Waals surface area contributed by atoms with Gasteiger partial charge in [-0.15, -0.1) is 0 Å². The van der Waals surface area contributed by atoms with Crippen molar-refractivity contribution in [3.63, 3.8) is 0 Å². The topological polar surface area (TPSA) is 17.1 Å². The van der Waals surface area contributed by atoms with Gasteiger partial charge >= 0.3 is 0 Å². The molecule has 0 bridgehead atoms. The number of hydrogen-bond donors (Lipinski definition) is 0. The van der Waals surface area contributed by atoms with Crippen molar-refractivity contribution in [2.75, 3.05) is 0 Å². The Morgan fingerprint density at radius 3 is 1.65 bits per heavy atom. The molecule has 0 aliphatic heterocycles. The van der Waals surface area contributed by atoms with Crippen LogP contribution in [0.4, 0.5) is 0 Å². The molecule has 0 atom stereocenters. The number of aryl methyl sites for hydroxylation is 2. The molecule has 0 unspecified atom stereocenters. The fourth-order valence-corrected chi connectivity index (χ4v) is 5.46. The summed E-state index contributed by atoms with van der Waals surface area (Å²) < 4.78 is 0. The van der Waals surface area contributed by atoms with E-state index < -0.39 is 0 Å². The molecule has 0 radical (unpaired) electrons. The van der Waals surface area contributed by atoms with Crippen LogP contribution >= 0.6 is 0 Å². The molecule has 0 amide bonds. The molecule has 1 nitrogen and oxygen atoms in total. The largest absolute Gasteiger partial charge is 0.299 e. The molecule has 2 heteroatoms. The standard InChI is InChI=1S/C24H25OS/c1-4-20(25)17-24-18(2)15-23(16-19(24)3)26(21-11-7-5-8-12-21)22-13-9-6-10-14-22/h5-16H,4,17H2,1-3H3/q+1. The summed E-state index contributed by atoms with van der Waals surface area (Å²) in [5.74, 6) is 0.300. The van der Waals surface area contributed by atoms with E-state index in [2.05, 4.69) is 86.6 Å². The lowest BCUT2D eigenvalue weighted by atomic mass is 9.97. The number of ketones is 1. The fraction of sp³-hybridized carbons (Fsp3) is 0.208. The molecule has 0 heterocycles. The lowest BCUT2D eigenvalue weighted by Crippen LogP contribution is -2.09. The summed E-state index contributed by atoms with van der Waals surface area (Å²) in [6.45, 7) is 6.20. The minimum absolute atomic E-state index is 0.143. The minimum atomic E-state index is -0.143. The van der Waals surface area contributed by atoms with Crippen molar-refractivity contribution in [1.82, 2.24) is 0 Å². The number of hydrogen-bond acceptors (Lipinski definition) is 1. The van der Waals surface area contributed by atoms with Crippen molar-refractivity contribution in [1.29, 1.82) is 0 Å². The summed E-state index contributed by atoms with van der Waals surface area (Å²) in [7, 11) is -0.143. The molecule has 0 N–H and O–H groups in total. The van der Waals surface area contributed by atoms with E-state index in [0.29, 0.717) is 18.6 Å². The van der Waals surface area contributed by atoms with E-state index in [-0.39, 0.29) is 10.9 Å². The predicted molar refractivity (Wildman–Crippen MR) is 110 cm³/mol. The summed E-state index contributed by atoms with van der Waals surface area (Å²) in [4.78, 5) is 15.9. The number of carbonyl (C=O) groups excluding carboxylic acids is 1. The number of benzene rings is 3. The monoisotopic (exact) mass is 361 g/mol. The molecule has 26 heavy (non-hydrogen) atoms. The average molecular weight is 362 g/mol. The Bertz CT molecular complexity index is 822. The first-order valence-corrected chi connectivity index (χ1v) is 10.3. The first-order chi connectivity index (χ1) is 12.6. The molecule has 0 fully saturated rings. The normalized spacial score (nSPS) is 10.9. The van der Waals surface area contributed by atoms with E-state index in [1.54, 1.807) is 0 Å². The number of carbonyl (C=O) groups is 1. The maximum Gasteiger partial charge on any atom is 0.167 e. The van der Waals surface area contributed by atoms with Crippen LogP contribution in [0, 0.1) is 13.8 Å². The highest BCUT2D eigenvalue weighted by Gasteiger charge is 2.29. The molecule has 3 rings (SSSR count). The highest BCUT2D eigenvalue weighted by atomic mass is 32.2. The van der Waals surface area contributed by atoms with E-state index >= 15 is 0 Å². The molecular formula is C24H25OS+. The fourth-order valence-electron chi connectivity index (χ4n) is 3.19. The van der Waals surface area contributed by atoms with Crippen LogP contribution in [0.25, 0.3) is 0 Å². The van der Waals surface area contributed by atoms with Gasteiger partial charge in [0, 0.05) is 12.8 Å². The van der Waals surface area contributed by atoms with Gasteiger partial charge in [0.15, 0.2) is 14.7 Å². The second kappa shape index (κ2) is 8.37. The third kappa shape index (κ3) is 4.08. The van der Waals surface area contributed by atoms with Gasteiger partial charge in [0.05, 0.1) is 10.9 Å². The van der Waals surface area contributed by atoms with Crippen molar-refractivity contribution >= 4 is 16.7 Å². The van der Waals surface area contributed by atoms with E-state index in [9.17, 15) is 4.79 Å². The van der Waals surface area contributed by atoms with Crippen molar-refractivity contribution in [2.24, 2.45) is 0 Å². The summed E-state index contributed by atoms with van der Waals surface area (Å²) in [6, 6.07) is 25.9. The van der Waals surface area contributed by atoms with Crippen LogP contribution in [0.1, 0.15) is 30.0 Å². The molecule has 0 saturated heterocycles. The van der Waals surface area contributed by atoms with Gasteiger partial charge in [-0.3, -0.25) is 4.79 Å². The van der Waals surface area contributed by atoms with Gasteiger partial charge in [-0.2, -0.15) is 0 Å². The molecule has 0 saturated carbocycles. The van der Waals surface area contributed by atoms with Crippen molar-refractivity contribution in [3.8, 4) is 0 Å².